The van der Waals surface area contributed by atoms with E-state index in [4.69, 9.17) is 0 Å². The third-order valence-corrected chi connectivity index (χ3v) is 5.45. The molecule has 0 aromatic heterocycles. The van der Waals surface area contributed by atoms with E-state index in [2.05, 4.69) is 100 Å². The first-order valence-electron chi connectivity index (χ1n) is 11.6. The van der Waals surface area contributed by atoms with Crippen molar-refractivity contribution >= 4 is 21.5 Å². The molecule has 0 bridgehead atoms. The average Bonchev–Trinajstić information content (AvgIpc) is 3.04. The first-order chi connectivity index (χ1) is 14.6. The lowest BCUT2D eigenvalue weighted by Crippen LogP contribution is -2.14. The maximum absolute atomic E-state index is 2.34. The standard InChI is InChI=1S/C23H18.C3H8.2C2H6/c1-23(2)19-10-6-5-9-18(19)22-20(23)14-13-16-12-11-15-7-3-4-8-17(15)21(16)22;1-3-2;2*1-2/h3-14H,1-2H3;3H2,1-2H3;2*1-2H3. The monoisotopic (exact) mass is 398 g/mol. The molecule has 158 valence electrons. The topological polar surface area (TPSA) is 0 Å². The number of fused-ring (bicyclic) bond motifs is 7. The van der Waals surface area contributed by atoms with Crippen LogP contribution in [0.3, 0.4) is 0 Å². The normalized spacial score (nSPS) is 12.4. The van der Waals surface area contributed by atoms with Gasteiger partial charge < -0.3 is 0 Å². The molecule has 0 saturated carbocycles. The predicted octanol–water partition coefficient (Wildman–Crippen LogP) is 9.77. The number of rotatable bonds is 0. The van der Waals surface area contributed by atoms with Crippen molar-refractivity contribution in [1.82, 2.24) is 0 Å². The fourth-order valence-electron chi connectivity index (χ4n) is 4.29. The van der Waals surface area contributed by atoms with Gasteiger partial charge in [-0.25, -0.2) is 0 Å². The highest BCUT2D eigenvalue weighted by atomic mass is 14.4. The molecule has 4 aromatic rings. The SMILES string of the molecule is CC.CC.CC1(C)c2ccccc2-c2c1ccc1ccc3ccccc3c21.CCC. The van der Waals surface area contributed by atoms with Gasteiger partial charge in [0, 0.05) is 5.41 Å². The molecule has 1 aliphatic carbocycles. The van der Waals surface area contributed by atoms with E-state index in [0.717, 1.165) is 0 Å². The smallest absolute Gasteiger partial charge is 0.0159 e. The van der Waals surface area contributed by atoms with Crippen molar-refractivity contribution in [2.45, 2.75) is 67.2 Å². The van der Waals surface area contributed by atoms with Crippen LogP contribution in [0.15, 0.2) is 72.8 Å². The summed E-state index contributed by atoms with van der Waals surface area (Å²) in [5.41, 5.74) is 5.78. The lowest BCUT2D eigenvalue weighted by atomic mass is 9.82. The molecular formula is C30H38. The maximum atomic E-state index is 2.34. The molecule has 0 atom stereocenters. The van der Waals surface area contributed by atoms with E-state index < -0.39 is 0 Å². The van der Waals surface area contributed by atoms with Gasteiger partial charge in [0.1, 0.15) is 0 Å². The summed E-state index contributed by atoms with van der Waals surface area (Å²) in [5.74, 6) is 0. The van der Waals surface area contributed by atoms with Gasteiger partial charge in [0.25, 0.3) is 0 Å². The number of hydrogen-bond acceptors (Lipinski definition) is 0. The third-order valence-electron chi connectivity index (χ3n) is 5.45. The van der Waals surface area contributed by atoms with E-state index in [9.17, 15) is 0 Å². The van der Waals surface area contributed by atoms with Crippen LogP contribution >= 0.6 is 0 Å². The van der Waals surface area contributed by atoms with Gasteiger partial charge in [-0.1, -0.05) is 135 Å². The van der Waals surface area contributed by atoms with Crippen LogP contribution in [0.4, 0.5) is 0 Å². The lowest BCUT2D eigenvalue weighted by molar-refractivity contribution is 0.661. The van der Waals surface area contributed by atoms with Crippen molar-refractivity contribution < 1.29 is 0 Å². The van der Waals surface area contributed by atoms with Crippen LogP contribution in [0.25, 0.3) is 32.7 Å². The van der Waals surface area contributed by atoms with Gasteiger partial charge in [-0.15, -0.1) is 0 Å². The molecule has 0 nitrogen and oxygen atoms in total. The molecule has 0 unspecified atom stereocenters. The molecule has 30 heavy (non-hydrogen) atoms. The highest BCUT2D eigenvalue weighted by Crippen LogP contribution is 2.52. The van der Waals surface area contributed by atoms with Gasteiger partial charge in [-0.05, 0) is 43.8 Å². The summed E-state index contributed by atoms with van der Waals surface area (Å²) in [6.07, 6.45) is 1.25. The van der Waals surface area contributed by atoms with Crippen LogP contribution in [0.1, 0.15) is 72.9 Å². The Kier molecular flexibility index (Phi) is 8.24. The Morgan fingerprint density at radius 3 is 1.83 bits per heavy atom. The Morgan fingerprint density at radius 1 is 0.600 bits per heavy atom. The average molecular weight is 399 g/mol. The summed E-state index contributed by atoms with van der Waals surface area (Å²) in [7, 11) is 0. The molecule has 0 N–H and O–H groups in total. The fourth-order valence-corrected chi connectivity index (χ4v) is 4.29. The van der Waals surface area contributed by atoms with Gasteiger partial charge in [0.15, 0.2) is 0 Å². The Hall–Kier alpha value is -2.60. The maximum Gasteiger partial charge on any atom is 0.0159 e. The van der Waals surface area contributed by atoms with Crippen LogP contribution in [-0.2, 0) is 5.41 Å². The lowest BCUT2D eigenvalue weighted by Gasteiger charge is -2.21. The van der Waals surface area contributed by atoms with Crippen LogP contribution in [-0.4, -0.2) is 0 Å². The van der Waals surface area contributed by atoms with Crippen LogP contribution in [0.5, 0.6) is 0 Å². The summed E-state index contributed by atoms with van der Waals surface area (Å²) < 4.78 is 0. The molecule has 0 fully saturated rings. The van der Waals surface area contributed by atoms with E-state index in [0.29, 0.717) is 0 Å². The van der Waals surface area contributed by atoms with Crippen LogP contribution < -0.4 is 0 Å². The molecular weight excluding hydrogens is 360 g/mol. The predicted molar refractivity (Wildman–Crippen MR) is 138 cm³/mol. The van der Waals surface area contributed by atoms with Crippen molar-refractivity contribution in [2.75, 3.05) is 0 Å². The number of benzene rings is 4. The first-order valence-corrected chi connectivity index (χ1v) is 11.6. The molecule has 0 amide bonds. The van der Waals surface area contributed by atoms with E-state index in [1.165, 1.54) is 50.2 Å². The molecule has 0 radical (unpaired) electrons. The van der Waals surface area contributed by atoms with Gasteiger partial charge in [0.05, 0.1) is 0 Å². The highest BCUT2D eigenvalue weighted by molar-refractivity contribution is 6.16. The van der Waals surface area contributed by atoms with E-state index in [1.807, 2.05) is 27.7 Å². The molecule has 0 spiro atoms. The zero-order valence-electron chi connectivity index (χ0n) is 20.1. The molecule has 0 aliphatic heterocycles. The summed E-state index contributed by atoms with van der Waals surface area (Å²) in [5, 5.41) is 5.40. The van der Waals surface area contributed by atoms with Crippen LogP contribution in [0.2, 0.25) is 0 Å². The Labute approximate surface area is 184 Å². The van der Waals surface area contributed by atoms with Crippen molar-refractivity contribution in [3.8, 4) is 11.1 Å². The molecule has 0 saturated heterocycles. The zero-order valence-corrected chi connectivity index (χ0v) is 20.1. The largest absolute Gasteiger partial charge is 0.0683 e. The Morgan fingerprint density at radius 2 is 1.13 bits per heavy atom. The second-order valence-electron chi connectivity index (χ2n) is 7.75. The van der Waals surface area contributed by atoms with Crippen molar-refractivity contribution in [2.24, 2.45) is 0 Å². The molecule has 5 rings (SSSR count). The zero-order chi connectivity index (χ0) is 22.3. The van der Waals surface area contributed by atoms with Gasteiger partial charge >= 0.3 is 0 Å². The highest BCUT2D eigenvalue weighted by Gasteiger charge is 2.36. The van der Waals surface area contributed by atoms with Crippen LogP contribution in [0, 0.1) is 0 Å². The number of hydrogen-bond donors (Lipinski definition) is 0. The summed E-state index contributed by atoms with van der Waals surface area (Å²) in [6.45, 7) is 16.9. The second kappa shape index (κ2) is 10.4. The molecule has 0 heteroatoms. The minimum atomic E-state index is 0.0665. The van der Waals surface area contributed by atoms with Gasteiger partial charge in [-0.3, -0.25) is 0 Å². The van der Waals surface area contributed by atoms with Crippen molar-refractivity contribution in [3.05, 3.63) is 83.9 Å². The second-order valence-corrected chi connectivity index (χ2v) is 7.75. The Balaban J connectivity index is 0.000000414. The molecule has 0 heterocycles. The van der Waals surface area contributed by atoms with Crippen molar-refractivity contribution in [1.29, 1.82) is 0 Å². The van der Waals surface area contributed by atoms with Crippen molar-refractivity contribution in [3.63, 3.8) is 0 Å². The minimum absolute atomic E-state index is 0.0665. The molecule has 1 aliphatic rings. The van der Waals surface area contributed by atoms with E-state index in [1.54, 1.807) is 0 Å². The fraction of sp³-hybridized carbons (Fsp3) is 0.333. The van der Waals surface area contributed by atoms with E-state index in [-0.39, 0.29) is 5.41 Å². The third kappa shape index (κ3) is 4.01. The van der Waals surface area contributed by atoms with E-state index >= 15 is 0 Å². The Bertz CT molecular complexity index is 1100. The summed E-state index contributed by atoms with van der Waals surface area (Å²) in [6, 6.07) is 26.7. The summed E-state index contributed by atoms with van der Waals surface area (Å²) >= 11 is 0. The minimum Gasteiger partial charge on any atom is -0.0683 e. The quantitative estimate of drug-likeness (QED) is 0.258. The van der Waals surface area contributed by atoms with Gasteiger partial charge in [-0.2, -0.15) is 0 Å². The summed E-state index contributed by atoms with van der Waals surface area (Å²) in [4.78, 5) is 0. The molecule has 4 aromatic carbocycles. The first kappa shape index (κ1) is 23.7. The van der Waals surface area contributed by atoms with Gasteiger partial charge in [0.2, 0.25) is 0 Å².